The van der Waals surface area contributed by atoms with Crippen molar-refractivity contribution in [1.82, 2.24) is 4.98 Å². The third-order valence-electron chi connectivity index (χ3n) is 3.53. The first kappa shape index (κ1) is 12.7. The first-order valence-electron chi connectivity index (χ1n) is 6.79. The van der Waals surface area contributed by atoms with Gasteiger partial charge in [0.05, 0.1) is 11.2 Å². The zero-order chi connectivity index (χ0) is 14.1. The van der Waals surface area contributed by atoms with Gasteiger partial charge in [-0.15, -0.1) is 0 Å². The van der Waals surface area contributed by atoms with Crippen LogP contribution in [-0.2, 0) is 0 Å². The lowest BCUT2D eigenvalue weighted by Gasteiger charge is -2.12. The molecule has 0 radical (unpaired) electrons. The minimum atomic E-state index is 1.02. The van der Waals surface area contributed by atoms with E-state index < -0.39 is 0 Å². The Labute approximate surface area is 119 Å². The molecule has 0 aliphatic rings. The number of rotatable bonds is 2. The molecule has 0 bridgehead atoms. The number of aryl methyl sites for hydroxylation is 1. The van der Waals surface area contributed by atoms with E-state index in [1.165, 1.54) is 16.6 Å². The van der Waals surface area contributed by atoms with Crippen molar-refractivity contribution < 1.29 is 0 Å². The van der Waals surface area contributed by atoms with E-state index >= 15 is 0 Å². The summed E-state index contributed by atoms with van der Waals surface area (Å²) in [5, 5.41) is 1.18. The van der Waals surface area contributed by atoms with E-state index in [1.54, 1.807) is 0 Å². The highest BCUT2D eigenvalue weighted by molar-refractivity contribution is 5.82. The molecule has 3 rings (SSSR count). The monoisotopic (exact) mass is 262 g/mol. The van der Waals surface area contributed by atoms with Crippen molar-refractivity contribution >= 4 is 16.6 Å². The van der Waals surface area contributed by atoms with E-state index in [-0.39, 0.29) is 0 Å². The van der Waals surface area contributed by atoms with Crippen LogP contribution in [0.2, 0.25) is 0 Å². The SMILES string of the molecule is Cc1ccc2ccc(-c3ccc(N(C)C)cc3)nc2c1. The zero-order valence-electron chi connectivity index (χ0n) is 12.1. The summed E-state index contributed by atoms with van der Waals surface area (Å²) in [5.41, 5.74) is 5.67. The first-order valence-corrected chi connectivity index (χ1v) is 6.79. The molecule has 2 aromatic carbocycles. The van der Waals surface area contributed by atoms with Crippen LogP contribution in [0.5, 0.6) is 0 Å². The minimum absolute atomic E-state index is 1.02. The topological polar surface area (TPSA) is 16.1 Å². The maximum atomic E-state index is 4.77. The number of hydrogen-bond donors (Lipinski definition) is 0. The van der Waals surface area contributed by atoms with Crippen molar-refractivity contribution in [2.75, 3.05) is 19.0 Å². The van der Waals surface area contributed by atoms with E-state index in [0.717, 1.165) is 16.8 Å². The summed E-state index contributed by atoms with van der Waals surface area (Å²) in [6.45, 7) is 2.10. The number of pyridine rings is 1. The predicted molar refractivity (Wildman–Crippen MR) is 86.2 cm³/mol. The van der Waals surface area contributed by atoms with Crippen LogP contribution in [0.3, 0.4) is 0 Å². The van der Waals surface area contributed by atoms with Gasteiger partial charge in [0.1, 0.15) is 0 Å². The summed E-state index contributed by atoms with van der Waals surface area (Å²) in [6, 6.07) is 19.1. The summed E-state index contributed by atoms with van der Waals surface area (Å²) in [6.07, 6.45) is 0. The second kappa shape index (κ2) is 4.97. The number of hydrogen-bond acceptors (Lipinski definition) is 2. The number of benzene rings is 2. The molecule has 100 valence electrons. The van der Waals surface area contributed by atoms with Crippen LogP contribution in [0.4, 0.5) is 5.69 Å². The molecular weight excluding hydrogens is 244 g/mol. The summed E-state index contributed by atoms with van der Waals surface area (Å²) < 4.78 is 0. The molecule has 0 spiro atoms. The Morgan fingerprint density at radius 3 is 2.25 bits per heavy atom. The van der Waals surface area contributed by atoms with Crippen LogP contribution in [0.15, 0.2) is 54.6 Å². The molecule has 20 heavy (non-hydrogen) atoms. The maximum absolute atomic E-state index is 4.77. The number of aromatic nitrogens is 1. The molecule has 0 aliphatic carbocycles. The molecular formula is C18H18N2. The Morgan fingerprint density at radius 1 is 0.850 bits per heavy atom. The first-order chi connectivity index (χ1) is 9.63. The second-order valence-electron chi connectivity index (χ2n) is 5.33. The molecule has 0 fully saturated rings. The third-order valence-corrected chi connectivity index (χ3v) is 3.53. The van der Waals surface area contributed by atoms with Gasteiger partial charge in [-0.1, -0.05) is 30.3 Å². The molecule has 2 nitrogen and oxygen atoms in total. The molecule has 0 saturated carbocycles. The Kier molecular flexibility index (Phi) is 3.15. The van der Waals surface area contributed by atoms with Crippen LogP contribution < -0.4 is 4.90 Å². The van der Waals surface area contributed by atoms with Gasteiger partial charge >= 0.3 is 0 Å². The van der Waals surface area contributed by atoms with E-state index in [0.29, 0.717) is 0 Å². The van der Waals surface area contributed by atoms with Crippen molar-refractivity contribution in [3.05, 3.63) is 60.2 Å². The number of nitrogens with zero attached hydrogens (tertiary/aromatic N) is 2. The normalized spacial score (nSPS) is 10.8. The van der Waals surface area contributed by atoms with Crippen molar-refractivity contribution in [3.8, 4) is 11.3 Å². The second-order valence-corrected chi connectivity index (χ2v) is 5.33. The summed E-state index contributed by atoms with van der Waals surface area (Å²) in [4.78, 5) is 6.87. The van der Waals surface area contributed by atoms with Gasteiger partial charge in [-0.3, -0.25) is 0 Å². The zero-order valence-corrected chi connectivity index (χ0v) is 12.1. The van der Waals surface area contributed by atoms with Crippen LogP contribution in [-0.4, -0.2) is 19.1 Å². The number of fused-ring (bicyclic) bond motifs is 1. The Hall–Kier alpha value is -2.35. The highest BCUT2D eigenvalue weighted by Gasteiger charge is 2.03. The molecule has 1 aromatic heterocycles. The fourth-order valence-electron chi connectivity index (χ4n) is 2.32. The fourth-order valence-corrected chi connectivity index (χ4v) is 2.32. The molecule has 0 N–H and O–H groups in total. The lowest BCUT2D eigenvalue weighted by atomic mass is 10.1. The van der Waals surface area contributed by atoms with Gasteiger partial charge in [-0.2, -0.15) is 0 Å². The summed E-state index contributed by atoms with van der Waals surface area (Å²) in [7, 11) is 4.10. The van der Waals surface area contributed by atoms with Gasteiger partial charge in [0, 0.05) is 30.7 Å². The Bertz CT molecular complexity index is 743. The predicted octanol–water partition coefficient (Wildman–Crippen LogP) is 4.28. The molecule has 3 aromatic rings. The quantitative estimate of drug-likeness (QED) is 0.685. The molecule has 0 aliphatic heterocycles. The minimum Gasteiger partial charge on any atom is -0.378 e. The molecule has 0 atom stereocenters. The largest absolute Gasteiger partial charge is 0.378 e. The lowest BCUT2D eigenvalue weighted by molar-refractivity contribution is 1.13. The van der Waals surface area contributed by atoms with Gasteiger partial charge in [-0.05, 0) is 36.8 Å². The Morgan fingerprint density at radius 2 is 1.55 bits per heavy atom. The van der Waals surface area contributed by atoms with Crippen molar-refractivity contribution in [2.45, 2.75) is 6.92 Å². The average Bonchev–Trinajstić information content (AvgIpc) is 2.46. The van der Waals surface area contributed by atoms with Gasteiger partial charge in [-0.25, -0.2) is 4.98 Å². The van der Waals surface area contributed by atoms with E-state index in [2.05, 4.69) is 66.4 Å². The lowest BCUT2D eigenvalue weighted by Crippen LogP contribution is -2.07. The van der Waals surface area contributed by atoms with E-state index in [1.807, 2.05) is 14.1 Å². The fraction of sp³-hybridized carbons (Fsp3) is 0.167. The van der Waals surface area contributed by atoms with Gasteiger partial charge in [0.15, 0.2) is 0 Å². The highest BCUT2D eigenvalue weighted by Crippen LogP contribution is 2.23. The highest BCUT2D eigenvalue weighted by atomic mass is 15.1. The number of anilines is 1. The van der Waals surface area contributed by atoms with Crippen LogP contribution >= 0.6 is 0 Å². The van der Waals surface area contributed by atoms with Gasteiger partial charge < -0.3 is 4.90 Å². The molecule has 1 heterocycles. The van der Waals surface area contributed by atoms with Crippen LogP contribution in [0.25, 0.3) is 22.2 Å². The molecule has 0 amide bonds. The Balaban J connectivity index is 2.05. The third kappa shape index (κ3) is 2.37. The van der Waals surface area contributed by atoms with E-state index in [4.69, 9.17) is 4.98 Å². The van der Waals surface area contributed by atoms with Gasteiger partial charge in [0.2, 0.25) is 0 Å². The van der Waals surface area contributed by atoms with Crippen LogP contribution in [0.1, 0.15) is 5.56 Å². The van der Waals surface area contributed by atoms with E-state index in [9.17, 15) is 0 Å². The van der Waals surface area contributed by atoms with Crippen molar-refractivity contribution in [3.63, 3.8) is 0 Å². The maximum Gasteiger partial charge on any atom is 0.0712 e. The summed E-state index contributed by atoms with van der Waals surface area (Å²) in [5.74, 6) is 0. The van der Waals surface area contributed by atoms with Crippen molar-refractivity contribution in [2.24, 2.45) is 0 Å². The molecule has 2 heteroatoms. The molecule has 0 unspecified atom stereocenters. The van der Waals surface area contributed by atoms with Gasteiger partial charge in [0.25, 0.3) is 0 Å². The molecule has 0 saturated heterocycles. The summed E-state index contributed by atoms with van der Waals surface area (Å²) >= 11 is 0. The van der Waals surface area contributed by atoms with Crippen molar-refractivity contribution in [1.29, 1.82) is 0 Å². The van der Waals surface area contributed by atoms with Crippen LogP contribution in [0, 0.1) is 6.92 Å². The standard InChI is InChI=1S/C18H18N2/c1-13-4-5-15-8-11-17(19-18(15)12-13)14-6-9-16(10-7-14)20(2)3/h4-12H,1-3H3. The average molecular weight is 262 g/mol. The smallest absolute Gasteiger partial charge is 0.0712 e.